The van der Waals surface area contributed by atoms with Crippen LogP contribution in [-0.2, 0) is 25.5 Å². The Morgan fingerprint density at radius 1 is 1.35 bits per heavy atom. The zero-order valence-electron chi connectivity index (χ0n) is 16.7. The van der Waals surface area contributed by atoms with Crippen LogP contribution in [0.2, 0.25) is 0 Å². The third-order valence-electron chi connectivity index (χ3n) is 5.38. The summed E-state index contributed by atoms with van der Waals surface area (Å²) in [5.41, 5.74) is -2.20. The summed E-state index contributed by atoms with van der Waals surface area (Å²) in [5.74, 6) is 0. The Bertz CT molecular complexity index is 973. The number of hydrogen-bond donors (Lipinski definition) is 1. The molecule has 3 rings (SSSR count). The molecule has 1 aliphatic heterocycles. The fourth-order valence-corrected chi connectivity index (χ4v) is 5.41. The molecule has 170 valence electrons. The first-order chi connectivity index (χ1) is 14.5. The van der Waals surface area contributed by atoms with Gasteiger partial charge < -0.3 is 14.8 Å². The maximum Gasteiger partial charge on any atom is 0.417 e. The van der Waals surface area contributed by atoms with E-state index in [-0.39, 0.29) is 26.1 Å². The van der Waals surface area contributed by atoms with Gasteiger partial charge in [0.05, 0.1) is 28.4 Å². The van der Waals surface area contributed by atoms with Crippen molar-refractivity contribution in [2.24, 2.45) is 0 Å². The summed E-state index contributed by atoms with van der Waals surface area (Å²) in [5, 5.41) is 10.3. The smallest absolute Gasteiger partial charge is 0.417 e. The standard InChI is InChI=1S/C19H22F3N3O5S/c1-29-9-8-25-11-13(10-16(25)30-17(26)24-18(12-23)6-7-18)31(27,28)15-5-3-2-4-14(15)19(20,21)22/h2-5,13,16H,6-11H2,1H3,(H,24,26)/t13-,16+/m1/s1. The van der Waals surface area contributed by atoms with Crippen LogP contribution in [-0.4, -0.2) is 63.2 Å². The zero-order valence-corrected chi connectivity index (χ0v) is 17.5. The molecule has 0 spiro atoms. The van der Waals surface area contributed by atoms with Gasteiger partial charge in [0, 0.05) is 26.6 Å². The Labute approximate surface area is 177 Å². The van der Waals surface area contributed by atoms with E-state index in [1.807, 2.05) is 6.07 Å². The maximum atomic E-state index is 13.4. The largest absolute Gasteiger partial charge is 0.430 e. The number of hydrogen-bond acceptors (Lipinski definition) is 7. The van der Waals surface area contributed by atoms with Crippen LogP contribution in [0.5, 0.6) is 0 Å². The molecule has 1 saturated carbocycles. The number of carbonyl (C=O) groups excluding carboxylic acids is 1. The molecule has 2 aliphatic rings. The molecular weight excluding hydrogens is 439 g/mol. The van der Waals surface area contributed by atoms with Gasteiger partial charge >= 0.3 is 12.3 Å². The second-order valence-corrected chi connectivity index (χ2v) is 9.76. The van der Waals surface area contributed by atoms with Crippen LogP contribution in [0.4, 0.5) is 18.0 Å². The van der Waals surface area contributed by atoms with Crippen LogP contribution in [0.3, 0.4) is 0 Å². The monoisotopic (exact) mass is 461 g/mol. The number of likely N-dealkylation sites (tertiary alicyclic amines) is 1. The first-order valence-electron chi connectivity index (χ1n) is 9.55. The molecule has 1 heterocycles. The highest BCUT2D eigenvalue weighted by Crippen LogP contribution is 2.38. The fraction of sp³-hybridized carbons (Fsp3) is 0.579. The number of amides is 1. The van der Waals surface area contributed by atoms with E-state index in [1.165, 1.54) is 18.1 Å². The number of nitriles is 1. The van der Waals surface area contributed by atoms with Crippen LogP contribution in [0, 0.1) is 11.3 Å². The minimum Gasteiger partial charge on any atom is -0.430 e. The molecule has 2 fully saturated rings. The van der Waals surface area contributed by atoms with Gasteiger partial charge in [0.2, 0.25) is 0 Å². The van der Waals surface area contributed by atoms with E-state index in [4.69, 9.17) is 14.7 Å². The van der Waals surface area contributed by atoms with Crippen molar-refractivity contribution in [3.8, 4) is 6.07 Å². The lowest BCUT2D eigenvalue weighted by atomic mass is 10.2. The summed E-state index contributed by atoms with van der Waals surface area (Å²) < 4.78 is 76.6. The molecule has 0 aromatic heterocycles. The van der Waals surface area contributed by atoms with Gasteiger partial charge in [-0.3, -0.25) is 4.90 Å². The number of alkyl halides is 3. The third kappa shape index (κ3) is 5.11. The van der Waals surface area contributed by atoms with Gasteiger partial charge in [-0.1, -0.05) is 12.1 Å². The Morgan fingerprint density at radius 2 is 2.03 bits per heavy atom. The minimum atomic E-state index is -4.83. The summed E-state index contributed by atoms with van der Waals surface area (Å²) in [7, 11) is -2.93. The van der Waals surface area contributed by atoms with Crippen LogP contribution in [0.1, 0.15) is 24.8 Å². The quantitative estimate of drug-likeness (QED) is 0.664. The molecule has 1 aromatic carbocycles. The van der Waals surface area contributed by atoms with Crippen LogP contribution in [0.15, 0.2) is 29.2 Å². The molecular formula is C19H22F3N3O5S. The topological polar surface area (TPSA) is 109 Å². The molecule has 2 atom stereocenters. The van der Waals surface area contributed by atoms with Gasteiger partial charge in [-0.05, 0) is 25.0 Å². The lowest BCUT2D eigenvalue weighted by Crippen LogP contribution is -2.42. The third-order valence-corrected chi connectivity index (χ3v) is 7.57. The number of rotatable bonds is 7. The number of nitrogens with zero attached hydrogens (tertiary/aromatic N) is 2. The molecule has 0 radical (unpaired) electrons. The van der Waals surface area contributed by atoms with Crippen molar-refractivity contribution in [1.29, 1.82) is 5.26 Å². The van der Waals surface area contributed by atoms with E-state index in [2.05, 4.69) is 5.32 Å². The summed E-state index contributed by atoms with van der Waals surface area (Å²) >= 11 is 0. The molecule has 1 saturated heterocycles. The van der Waals surface area contributed by atoms with Crippen molar-refractivity contribution >= 4 is 15.9 Å². The maximum absolute atomic E-state index is 13.4. The van der Waals surface area contributed by atoms with Crippen LogP contribution >= 0.6 is 0 Å². The molecule has 31 heavy (non-hydrogen) atoms. The van der Waals surface area contributed by atoms with Crippen molar-refractivity contribution in [3.63, 3.8) is 0 Å². The number of sulfone groups is 1. The minimum absolute atomic E-state index is 0.126. The summed E-state index contributed by atoms with van der Waals surface area (Å²) in [6.45, 7) is 0.291. The van der Waals surface area contributed by atoms with E-state index >= 15 is 0 Å². The summed E-state index contributed by atoms with van der Waals surface area (Å²) in [4.78, 5) is 12.9. The second-order valence-electron chi connectivity index (χ2n) is 7.56. The van der Waals surface area contributed by atoms with Crippen LogP contribution < -0.4 is 5.32 Å². The second kappa shape index (κ2) is 8.64. The number of ether oxygens (including phenoxy) is 2. The average Bonchev–Trinajstić information content (AvgIpc) is 3.36. The van der Waals surface area contributed by atoms with E-state index in [0.717, 1.165) is 18.2 Å². The number of benzene rings is 1. The van der Waals surface area contributed by atoms with Gasteiger partial charge in [-0.25, -0.2) is 13.2 Å². The molecule has 0 unspecified atom stereocenters. The highest BCUT2D eigenvalue weighted by molar-refractivity contribution is 7.92. The predicted octanol–water partition coefficient (Wildman–Crippen LogP) is 2.31. The van der Waals surface area contributed by atoms with Crippen molar-refractivity contribution in [2.75, 3.05) is 26.8 Å². The molecule has 12 heteroatoms. The molecule has 1 aromatic rings. The van der Waals surface area contributed by atoms with Crippen molar-refractivity contribution in [2.45, 2.75) is 47.4 Å². The highest BCUT2D eigenvalue weighted by Gasteiger charge is 2.48. The van der Waals surface area contributed by atoms with E-state index in [1.54, 1.807) is 0 Å². The van der Waals surface area contributed by atoms with E-state index < -0.39 is 49.6 Å². The normalized spacial score (nSPS) is 23.2. The van der Waals surface area contributed by atoms with Gasteiger partial charge in [0.25, 0.3) is 0 Å². The Balaban J connectivity index is 1.81. The highest BCUT2D eigenvalue weighted by atomic mass is 32.2. The SMILES string of the molecule is COCCN1C[C@H](S(=O)(=O)c2ccccc2C(F)(F)F)C[C@@H]1OC(=O)NC1(C#N)CC1. The molecule has 1 N–H and O–H groups in total. The van der Waals surface area contributed by atoms with E-state index in [9.17, 15) is 26.4 Å². The Kier molecular flexibility index (Phi) is 6.50. The van der Waals surface area contributed by atoms with Gasteiger partial charge in [-0.15, -0.1) is 0 Å². The summed E-state index contributed by atoms with van der Waals surface area (Å²) in [6.07, 6.45) is -5.92. The molecule has 0 bridgehead atoms. The van der Waals surface area contributed by atoms with Gasteiger partial charge in [0.15, 0.2) is 16.1 Å². The fourth-order valence-electron chi connectivity index (χ4n) is 3.49. The molecule has 1 amide bonds. The lowest BCUT2D eigenvalue weighted by Gasteiger charge is -2.24. The van der Waals surface area contributed by atoms with Crippen molar-refractivity contribution in [3.05, 3.63) is 29.8 Å². The number of alkyl carbamates (subject to hydrolysis) is 1. The number of nitrogens with one attached hydrogen (secondary N) is 1. The van der Waals surface area contributed by atoms with Crippen molar-refractivity contribution < 1.29 is 35.9 Å². The average molecular weight is 461 g/mol. The predicted molar refractivity (Wildman–Crippen MR) is 101 cm³/mol. The van der Waals surface area contributed by atoms with Crippen molar-refractivity contribution in [1.82, 2.24) is 10.2 Å². The van der Waals surface area contributed by atoms with E-state index in [0.29, 0.717) is 12.8 Å². The first-order valence-corrected chi connectivity index (χ1v) is 11.1. The van der Waals surface area contributed by atoms with Crippen LogP contribution in [0.25, 0.3) is 0 Å². The van der Waals surface area contributed by atoms with Gasteiger partial charge in [0.1, 0.15) is 5.54 Å². The Hall–Kier alpha value is -2.36. The molecule has 1 aliphatic carbocycles. The number of methoxy groups -OCH3 is 1. The first kappa shape index (κ1) is 23.3. The lowest BCUT2D eigenvalue weighted by molar-refractivity contribution is -0.139. The number of carbonyl (C=O) groups is 1. The number of halogens is 3. The molecule has 8 nitrogen and oxygen atoms in total. The Morgan fingerprint density at radius 3 is 2.61 bits per heavy atom. The van der Waals surface area contributed by atoms with Gasteiger partial charge in [-0.2, -0.15) is 18.4 Å². The summed E-state index contributed by atoms with van der Waals surface area (Å²) in [6, 6.07) is 6.00. The zero-order chi connectivity index (χ0) is 22.9.